The highest BCUT2D eigenvalue weighted by atomic mass is 32.2. The molecule has 1 atom stereocenters. The van der Waals surface area contributed by atoms with Crippen LogP contribution < -0.4 is 5.32 Å². The zero-order valence-corrected chi connectivity index (χ0v) is 10.2. The lowest BCUT2D eigenvalue weighted by atomic mass is 10.1. The molecule has 7 heteroatoms. The van der Waals surface area contributed by atoms with Crippen molar-refractivity contribution in [2.75, 3.05) is 16.8 Å². The van der Waals surface area contributed by atoms with Crippen LogP contribution in [-0.2, 0) is 9.84 Å². The maximum absolute atomic E-state index is 13.0. The van der Waals surface area contributed by atoms with E-state index in [1.54, 1.807) is 0 Å². The quantitative estimate of drug-likeness (QED) is 0.862. The van der Waals surface area contributed by atoms with Crippen LogP contribution in [0.2, 0.25) is 0 Å². The number of benzene rings is 1. The highest BCUT2D eigenvalue weighted by Crippen LogP contribution is 2.22. The number of anilines is 1. The molecule has 0 bridgehead atoms. The second kappa shape index (κ2) is 4.56. The number of nitrogens with one attached hydrogen (secondary N) is 1. The highest BCUT2D eigenvalue weighted by Gasteiger charge is 2.28. The fraction of sp³-hybridized carbons (Fsp3) is 0.364. The van der Waals surface area contributed by atoms with E-state index in [1.165, 1.54) is 6.07 Å². The number of aromatic carboxylic acids is 1. The minimum absolute atomic E-state index is 0.0244. The van der Waals surface area contributed by atoms with E-state index >= 15 is 0 Å². The molecule has 18 heavy (non-hydrogen) atoms. The first kappa shape index (κ1) is 12.8. The molecule has 1 aliphatic rings. The monoisotopic (exact) mass is 273 g/mol. The molecular weight excluding hydrogens is 261 g/mol. The summed E-state index contributed by atoms with van der Waals surface area (Å²) >= 11 is 0. The van der Waals surface area contributed by atoms with Crippen molar-refractivity contribution in [1.82, 2.24) is 0 Å². The van der Waals surface area contributed by atoms with Crippen LogP contribution in [0, 0.1) is 5.82 Å². The van der Waals surface area contributed by atoms with E-state index in [-0.39, 0.29) is 28.8 Å². The third-order valence-corrected chi connectivity index (χ3v) is 4.57. The third kappa shape index (κ3) is 2.79. The minimum Gasteiger partial charge on any atom is -0.478 e. The van der Waals surface area contributed by atoms with Gasteiger partial charge in [-0.1, -0.05) is 0 Å². The molecule has 1 heterocycles. The Bertz CT molecular complexity index is 585. The van der Waals surface area contributed by atoms with Gasteiger partial charge in [0.1, 0.15) is 5.82 Å². The first-order valence-electron chi connectivity index (χ1n) is 5.37. The van der Waals surface area contributed by atoms with Crippen LogP contribution in [0.5, 0.6) is 0 Å². The van der Waals surface area contributed by atoms with Crippen LogP contribution in [0.3, 0.4) is 0 Å². The van der Waals surface area contributed by atoms with E-state index in [0.29, 0.717) is 6.42 Å². The Labute approximate surface area is 104 Å². The van der Waals surface area contributed by atoms with Crippen molar-refractivity contribution in [1.29, 1.82) is 0 Å². The van der Waals surface area contributed by atoms with Gasteiger partial charge in [0, 0.05) is 11.7 Å². The number of rotatable bonds is 3. The van der Waals surface area contributed by atoms with Gasteiger partial charge in [-0.2, -0.15) is 0 Å². The van der Waals surface area contributed by atoms with Crippen LogP contribution in [-0.4, -0.2) is 37.0 Å². The Morgan fingerprint density at radius 2 is 2.17 bits per heavy atom. The number of carboxylic acid groups (broad SMARTS) is 1. The van der Waals surface area contributed by atoms with E-state index in [4.69, 9.17) is 5.11 Å². The van der Waals surface area contributed by atoms with Crippen molar-refractivity contribution in [2.24, 2.45) is 0 Å². The van der Waals surface area contributed by atoms with Gasteiger partial charge in [0.2, 0.25) is 0 Å². The molecule has 1 aromatic carbocycles. The van der Waals surface area contributed by atoms with E-state index in [9.17, 15) is 17.6 Å². The van der Waals surface area contributed by atoms with Gasteiger partial charge in [-0.3, -0.25) is 0 Å². The molecule has 0 saturated carbocycles. The van der Waals surface area contributed by atoms with Crippen molar-refractivity contribution >= 4 is 21.5 Å². The topological polar surface area (TPSA) is 83.5 Å². The van der Waals surface area contributed by atoms with Crippen LogP contribution >= 0.6 is 0 Å². The summed E-state index contributed by atoms with van der Waals surface area (Å²) in [5.74, 6) is -1.83. The molecular formula is C11H12FNO4S. The maximum atomic E-state index is 13.0. The number of hydrogen-bond donors (Lipinski definition) is 2. The third-order valence-electron chi connectivity index (χ3n) is 2.80. The molecule has 0 radical (unpaired) electrons. The van der Waals surface area contributed by atoms with Gasteiger partial charge in [-0.05, 0) is 24.6 Å². The maximum Gasteiger partial charge on any atom is 0.337 e. The molecule has 2 N–H and O–H groups in total. The van der Waals surface area contributed by atoms with Gasteiger partial charge in [0.25, 0.3) is 0 Å². The lowest BCUT2D eigenvalue weighted by molar-refractivity contribution is 0.0697. The van der Waals surface area contributed by atoms with E-state index in [1.807, 2.05) is 0 Å². The minimum atomic E-state index is -3.04. The molecule has 1 fully saturated rings. The Morgan fingerprint density at radius 1 is 1.44 bits per heavy atom. The summed E-state index contributed by atoms with van der Waals surface area (Å²) in [7, 11) is -3.04. The summed E-state index contributed by atoms with van der Waals surface area (Å²) in [5.41, 5.74) is 0.0466. The first-order chi connectivity index (χ1) is 8.37. The lowest BCUT2D eigenvalue weighted by Gasteiger charge is -2.14. The molecule has 1 aliphatic heterocycles. The van der Waals surface area contributed by atoms with Crippen molar-refractivity contribution in [3.63, 3.8) is 0 Å². The van der Waals surface area contributed by atoms with Crippen molar-refractivity contribution in [2.45, 2.75) is 12.5 Å². The van der Waals surface area contributed by atoms with Gasteiger partial charge in [0.15, 0.2) is 9.84 Å². The van der Waals surface area contributed by atoms with Crippen LogP contribution in [0.1, 0.15) is 16.8 Å². The standard InChI is InChI=1S/C11H12FNO4S/c12-7-1-2-10(9(5-7)11(14)15)13-8-3-4-18(16,17)6-8/h1-2,5,8,13H,3-4,6H2,(H,14,15). The van der Waals surface area contributed by atoms with Crippen molar-refractivity contribution < 1.29 is 22.7 Å². The van der Waals surface area contributed by atoms with Crippen LogP contribution in [0.25, 0.3) is 0 Å². The average molecular weight is 273 g/mol. The summed E-state index contributed by atoms with van der Waals surface area (Å²) < 4.78 is 35.5. The fourth-order valence-corrected chi connectivity index (χ4v) is 3.62. The Balaban J connectivity index is 2.22. The summed E-state index contributed by atoms with van der Waals surface area (Å²) in [5, 5.41) is 11.8. The summed E-state index contributed by atoms with van der Waals surface area (Å²) in [4.78, 5) is 11.0. The van der Waals surface area contributed by atoms with Gasteiger partial charge < -0.3 is 10.4 Å². The second-order valence-electron chi connectivity index (χ2n) is 4.24. The number of hydrogen-bond acceptors (Lipinski definition) is 4. The normalized spacial score (nSPS) is 21.7. The summed E-state index contributed by atoms with van der Waals surface area (Å²) in [6.07, 6.45) is 0.429. The number of sulfone groups is 1. The van der Waals surface area contributed by atoms with E-state index in [0.717, 1.165) is 12.1 Å². The molecule has 0 aromatic heterocycles. The molecule has 0 amide bonds. The van der Waals surface area contributed by atoms with Gasteiger partial charge >= 0.3 is 5.97 Å². The molecule has 2 rings (SSSR count). The van der Waals surface area contributed by atoms with Gasteiger partial charge in [0.05, 0.1) is 17.1 Å². The van der Waals surface area contributed by atoms with Gasteiger partial charge in [-0.25, -0.2) is 17.6 Å². The molecule has 98 valence electrons. The lowest BCUT2D eigenvalue weighted by Crippen LogP contribution is -2.22. The predicted molar refractivity (Wildman–Crippen MR) is 64.0 cm³/mol. The Hall–Kier alpha value is -1.63. The largest absolute Gasteiger partial charge is 0.478 e. The Morgan fingerprint density at radius 3 is 2.72 bits per heavy atom. The van der Waals surface area contributed by atoms with Gasteiger partial charge in [-0.15, -0.1) is 0 Å². The SMILES string of the molecule is O=C(O)c1cc(F)ccc1NC1CCS(=O)(=O)C1. The molecule has 1 unspecified atom stereocenters. The molecule has 0 aliphatic carbocycles. The van der Waals surface area contributed by atoms with E-state index < -0.39 is 21.6 Å². The average Bonchev–Trinajstić information content (AvgIpc) is 2.60. The number of halogens is 1. The van der Waals surface area contributed by atoms with Crippen LogP contribution in [0.15, 0.2) is 18.2 Å². The van der Waals surface area contributed by atoms with Crippen LogP contribution in [0.4, 0.5) is 10.1 Å². The molecule has 0 spiro atoms. The zero-order chi connectivity index (χ0) is 13.3. The second-order valence-corrected chi connectivity index (χ2v) is 6.47. The molecule has 5 nitrogen and oxygen atoms in total. The first-order valence-corrected chi connectivity index (χ1v) is 7.19. The fourth-order valence-electron chi connectivity index (χ4n) is 1.95. The van der Waals surface area contributed by atoms with E-state index in [2.05, 4.69) is 5.32 Å². The highest BCUT2D eigenvalue weighted by molar-refractivity contribution is 7.91. The number of carboxylic acids is 1. The smallest absolute Gasteiger partial charge is 0.337 e. The summed E-state index contributed by atoms with van der Waals surface area (Å²) in [6.45, 7) is 0. The molecule has 1 saturated heterocycles. The summed E-state index contributed by atoms with van der Waals surface area (Å²) in [6, 6.07) is 3.04. The number of carbonyl (C=O) groups is 1. The molecule has 1 aromatic rings. The zero-order valence-electron chi connectivity index (χ0n) is 9.39. The van der Waals surface area contributed by atoms with Crippen molar-refractivity contribution in [3.8, 4) is 0 Å². The Kier molecular flexibility index (Phi) is 3.25. The predicted octanol–water partition coefficient (Wildman–Crippen LogP) is 1.12. The van der Waals surface area contributed by atoms with Crippen molar-refractivity contribution in [3.05, 3.63) is 29.6 Å².